The second kappa shape index (κ2) is 10.3. The van der Waals surface area contributed by atoms with Gasteiger partial charge in [0.15, 0.2) is 5.11 Å². The van der Waals surface area contributed by atoms with Crippen LogP contribution in [-0.4, -0.2) is 47.0 Å². The normalized spacial score (nSPS) is 10.4. The van der Waals surface area contributed by atoms with Gasteiger partial charge in [-0.3, -0.25) is 14.9 Å². The number of halogens is 1. The lowest BCUT2D eigenvalue weighted by atomic mass is 10.1. The first-order chi connectivity index (χ1) is 14.6. The van der Waals surface area contributed by atoms with E-state index in [1.165, 1.54) is 13.2 Å². The molecule has 1 aromatic carbocycles. The highest BCUT2D eigenvalue weighted by Gasteiger charge is 2.27. The van der Waals surface area contributed by atoms with Crippen molar-refractivity contribution in [2.24, 2.45) is 0 Å². The number of anilines is 2. The monoisotopic (exact) mass is 468 g/mol. The van der Waals surface area contributed by atoms with Gasteiger partial charge in [-0.15, -0.1) is 11.3 Å². The summed E-state index contributed by atoms with van der Waals surface area (Å²) in [4.78, 5) is 37.2. The summed E-state index contributed by atoms with van der Waals surface area (Å²) in [5.74, 6) is -1.84. The summed E-state index contributed by atoms with van der Waals surface area (Å²) >= 11 is 6.28. The van der Waals surface area contributed by atoms with Gasteiger partial charge in [0.2, 0.25) is 5.82 Å². The van der Waals surface area contributed by atoms with Gasteiger partial charge in [-0.05, 0) is 50.7 Å². The largest absolute Gasteiger partial charge is 0.465 e. The molecule has 0 atom stereocenters. The van der Waals surface area contributed by atoms with E-state index in [0.29, 0.717) is 23.5 Å². The zero-order chi connectivity index (χ0) is 23.3. The highest BCUT2D eigenvalue weighted by molar-refractivity contribution is 7.80. The van der Waals surface area contributed by atoms with E-state index in [-0.39, 0.29) is 27.3 Å². The number of hydrogen-bond donors (Lipinski definition) is 2. The third kappa shape index (κ3) is 5.33. The molecule has 166 valence electrons. The summed E-state index contributed by atoms with van der Waals surface area (Å²) in [5, 5.41) is 16.7. The van der Waals surface area contributed by atoms with Gasteiger partial charge in [0, 0.05) is 24.8 Å². The van der Waals surface area contributed by atoms with Crippen LogP contribution in [0.5, 0.6) is 0 Å². The molecule has 12 heteroatoms. The van der Waals surface area contributed by atoms with Gasteiger partial charge in [-0.1, -0.05) is 0 Å². The number of hydrogen-bond acceptors (Lipinski definition) is 7. The van der Waals surface area contributed by atoms with Crippen LogP contribution < -0.4 is 10.6 Å². The number of esters is 1. The number of thiophene rings is 1. The van der Waals surface area contributed by atoms with Gasteiger partial charge < -0.3 is 20.3 Å². The number of benzene rings is 1. The van der Waals surface area contributed by atoms with E-state index >= 15 is 0 Å². The van der Waals surface area contributed by atoms with Crippen molar-refractivity contribution in [3.63, 3.8) is 0 Å². The summed E-state index contributed by atoms with van der Waals surface area (Å²) < 4.78 is 18.4. The second-order valence-corrected chi connectivity index (χ2v) is 7.66. The number of nitro groups is 1. The molecule has 0 saturated heterocycles. The molecular weight excluding hydrogens is 447 g/mol. The molecule has 1 heterocycles. The van der Waals surface area contributed by atoms with E-state index in [9.17, 15) is 24.1 Å². The number of methoxy groups -OCH3 is 1. The van der Waals surface area contributed by atoms with E-state index in [4.69, 9.17) is 17.0 Å². The summed E-state index contributed by atoms with van der Waals surface area (Å²) in [6.07, 6.45) is 0. The standard InChI is InChI=1S/C19H21FN4O5S2/c1-5-23(6-2)17(25)15-10(3)14(18(26)29-4)16(31-15)22-19(30)21-11-7-8-12(20)13(9-11)24(27)28/h7-9H,5-6H2,1-4H3,(H2,21,22,30). The van der Waals surface area contributed by atoms with E-state index < -0.39 is 22.4 Å². The molecule has 0 spiro atoms. The van der Waals surface area contributed by atoms with Crippen LogP contribution in [0, 0.1) is 22.9 Å². The van der Waals surface area contributed by atoms with Crippen LogP contribution in [0.4, 0.5) is 20.8 Å². The smallest absolute Gasteiger partial charge is 0.341 e. The zero-order valence-corrected chi connectivity index (χ0v) is 18.9. The van der Waals surface area contributed by atoms with Gasteiger partial charge in [0.1, 0.15) is 5.00 Å². The Kier molecular flexibility index (Phi) is 8.00. The van der Waals surface area contributed by atoms with Gasteiger partial charge in [0.05, 0.1) is 22.5 Å². The van der Waals surface area contributed by atoms with Gasteiger partial charge in [-0.25, -0.2) is 4.79 Å². The van der Waals surface area contributed by atoms with Crippen molar-refractivity contribution in [1.29, 1.82) is 0 Å². The molecule has 31 heavy (non-hydrogen) atoms. The molecule has 1 aromatic heterocycles. The fourth-order valence-corrected chi connectivity index (χ4v) is 4.26. The Hall–Kier alpha value is -3.12. The molecule has 0 aliphatic rings. The van der Waals surface area contributed by atoms with Gasteiger partial charge >= 0.3 is 11.7 Å². The summed E-state index contributed by atoms with van der Waals surface area (Å²) in [7, 11) is 1.23. The Balaban J connectivity index is 2.35. The van der Waals surface area contributed by atoms with Crippen LogP contribution >= 0.6 is 23.6 Å². The van der Waals surface area contributed by atoms with Crippen LogP contribution in [0.25, 0.3) is 0 Å². The minimum atomic E-state index is -0.976. The summed E-state index contributed by atoms with van der Waals surface area (Å²) in [6.45, 7) is 6.36. The lowest BCUT2D eigenvalue weighted by Crippen LogP contribution is -2.30. The van der Waals surface area contributed by atoms with Crippen LogP contribution in [-0.2, 0) is 4.74 Å². The van der Waals surface area contributed by atoms with E-state index in [1.54, 1.807) is 11.8 Å². The van der Waals surface area contributed by atoms with Crippen LogP contribution in [0.15, 0.2) is 18.2 Å². The van der Waals surface area contributed by atoms with Crippen molar-refractivity contribution in [3.05, 3.63) is 50.1 Å². The molecule has 2 rings (SSSR count). The predicted octanol–water partition coefficient (Wildman–Crippen LogP) is 4.18. The Bertz CT molecular complexity index is 1040. The lowest BCUT2D eigenvalue weighted by molar-refractivity contribution is -0.387. The highest BCUT2D eigenvalue weighted by Crippen LogP contribution is 2.35. The van der Waals surface area contributed by atoms with Crippen molar-refractivity contribution in [3.8, 4) is 0 Å². The molecule has 0 fully saturated rings. The number of rotatable bonds is 7. The fraction of sp³-hybridized carbons (Fsp3) is 0.316. The summed E-state index contributed by atoms with van der Waals surface area (Å²) in [6, 6.07) is 3.23. The number of carbonyl (C=O) groups is 2. The first-order valence-electron chi connectivity index (χ1n) is 9.17. The second-order valence-electron chi connectivity index (χ2n) is 6.23. The highest BCUT2D eigenvalue weighted by atomic mass is 32.1. The Morgan fingerprint density at radius 2 is 1.94 bits per heavy atom. The number of ether oxygens (including phenoxy) is 1. The third-order valence-electron chi connectivity index (χ3n) is 4.41. The van der Waals surface area contributed by atoms with Crippen molar-refractivity contribution in [1.82, 2.24) is 4.90 Å². The fourth-order valence-electron chi connectivity index (χ4n) is 2.80. The quantitative estimate of drug-likeness (QED) is 0.269. The molecule has 2 aromatic rings. The van der Waals surface area contributed by atoms with E-state index in [2.05, 4.69) is 10.6 Å². The molecule has 0 aliphatic carbocycles. The maximum absolute atomic E-state index is 13.5. The zero-order valence-electron chi connectivity index (χ0n) is 17.3. The molecule has 9 nitrogen and oxygen atoms in total. The maximum Gasteiger partial charge on any atom is 0.341 e. The topological polar surface area (TPSA) is 114 Å². The number of nitrogens with one attached hydrogen (secondary N) is 2. The van der Waals surface area contributed by atoms with Crippen molar-refractivity contribution >= 4 is 56.9 Å². The molecular formula is C19H21FN4O5S2. The molecule has 0 unspecified atom stereocenters. The minimum absolute atomic E-state index is 0.00542. The average Bonchev–Trinajstić information content (AvgIpc) is 3.05. The van der Waals surface area contributed by atoms with Crippen molar-refractivity contribution in [2.45, 2.75) is 20.8 Å². The van der Waals surface area contributed by atoms with E-state index in [0.717, 1.165) is 23.5 Å². The Labute approximate surface area is 187 Å². The SMILES string of the molecule is CCN(CC)C(=O)c1sc(NC(=S)Nc2ccc(F)c([N+](=O)[O-])c2)c(C(=O)OC)c1C. The Morgan fingerprint density at radius 3 is 2.48 bits per heavy atom. The van der Waals surface area contributed by atoms with Crippen LogP contribution in [0.2, 0.25) is 0 Å². The van der Waals surface area contributed by atoms with E-state index in [1.807, 2.05) is 13.8 Å². The average molecular weight is 469 g/mol. The van der Waals surface area contributed by atoms with Crippen LogP contribution in [0.1, 0.15) is 39.4 Å². The molecule has 0 saturated carbocycles. The predicted molar refractivity (Wildman–Crippen MR) is 121 cm³/mol. The lowest BCUT2D eigenvalue weighted by Gasteiger charge is -2.17. The van der Waals surface area contributed by atoms with Crippen molar-refractivity contribution < 1.29 is 23.6 Å². The number of nitrogens with zero attached hydrogens (tertiary/aromatic N) is 2. The Morgan fingerprint density at radius 1 is 1.29 bits per heavy atom. The van der Waals surface area contributed by atoms with Gasteiger partial charge in [-0.2, -0.15) is 4.39 Å². The van der Waals surface area contributed by atoms with Gasteiger partial charge in [0.25, 0.3) is 5.91 Å². The number of carbonyl (C=O) groups excluding carboxylic acids is 2. The number of amides is 1. The van der Waals surface area contributed by atoms with Crippen molar-refractivity contribution in [2.75, 3.05) is 30.8 Å². The number of nitro benzene ring substituents is 1. The molecule has 0 radical (unpaired) electrons. The summed E-state index contributed by atoms with van der Waals surface area (Å²) in [5.41, 5.74) is 0.0915. The third-order valence-corrected chi connectivity index (χ3v) is 5.81. The number of thiocarbonyl (C=S) groups is 1. The molecule has 2 N–H and O–H groups in total. The molecule has 0 bridgehead atoms. The van der Waals surface area contributed by atoms with Crippen LogP contribution in [0.3, 0.4) is 0 Å². The minimum Gasteiger partial charge on any atom is -0.465 e. The first-order valence-corrected chi connectivity index (χ1v) is 10.4. The molecule has 0 aliphatic heterocycles. The maximum atomic E-state index is 13.5. The first kappa shape index (κ1) is 24.2. The molecule has 1 amide bonds.